The van der Waals surface area contributed by atoms with Crippen molar-refractivity contribution >= 4 is 11.6 Å². The molecule has 1 aromatic heterocycles. The largest absolute Gasteiger partial charge is 0.459 e. The highest BCUT2D eigenvalue weighted by molar-refractivity contribution is 6.04. The minimum Gasteiger partial charge on any atom is -0.459 e. The molecule has 0 saturated carbocycles. The zero-order valence-corrected chi connectivity index (χ0v) is 17.3. The van der Waals surface area contributed by atoms with Gasteiger partial charge in [-0.2, -0.15) is 0 Å². The molecule has 0 radical (unpaired) electrons. The lowest BCUT2D eigenvalue weighted by Crippen LogP contribution is -2.47. The molecule has 1 fully saturated rings. The Morgan fingerprint density at radius 1 is 1.07 bits per heavy atom. The molecule has 2 aromatic carbocycles. The molecule has 0 spiro atoms. The van der Waals surface area contributed by atoms with Crippen LogP contribution in [0.4, 0.5) is 10.1 Å². The van der Waals surface area contributed by atoms with Crippen molar-refractivity contribution < 1.29 is 13.6 Å². The number of amides is 1. The van der Waals surface area contributed by atoms with Gasteiger partial charge in [0.1, 0.15) is 5.82 Å². The lowest BCUT2D eigenvalue weighted by Gasteiger charge is -2.38. The molecule has 5 heteroatoms. The van der Waals surface area contributed by atoms with Gasteiger partial charge in [-0.3, -0.25) is 9.69 Å². The first-order valence-electron chi connectivity index (χ1n) is 10.6. The molecule has 0 aliphatic carbocycles. The van der Waals surface area contributed by atoms with Gasteiger partial charge in [-0.05, 0) is 55.2 Å². The van der Waals surface area contributed by atoms with Crippen molar-refractivity contribution in [2.24, 2.45) is 0 Å². The second kappa shape index (κ2) is 9.26. The molecule has 0 atom stereocenters. The number of benzene rings is 2. The molecular weight excluding hydrogens is 379 g/mol. The number of aryl methyl sites for hydroxylation is 1. The standard InChI is InChI=1S/C25H27FN2O2/c1-2-19-9-11-21(12-10-19)28(25(29)24-8-5-17-30-24)22-13-15-27(16-14-22)18-20-6-3-4-7-23(20)26/h3-12,17,22H,2,13-16,18H2,1H3. The highest BCUT2D eigenvalue weighted by Gasteiger charge is 2.31. The minimum atomic E-state index is -0.162. The number of carbonyl (C=O) groups is 1. The van der Waals surface area contributed by atoms with E-state index in [1.165, 1.54) is 17.9 Å². The van der Waals surface area contributed by atoms with Gasteiger partial charge < -0.3 is 9.32 Å². The number of likely N-dealkylation sites (tertiary alicyclic amines) is 1. The van der Waals surface area contributed by atoms with Crippen molar-refractivity contribution in [3.63, 3.8) is 0 Å². The third-order valence-corrected chi connectivity index (χ3v) is 5.85. The first-order chi connectivity index (χ1) is 14.7. The predicted molar refractivity (Wildman–Crippen MR) is 116 cm³/mol. The average Bonchev–Trinajstić information content (AvgIpc) is 3.32. The van der Waals surface area contributed by atoms with Crippen LogP contribution < -0.4 is 4.90 Å². The van der Waals surface area contributed by atoms with Crippen LogP contribution in [0.5, 0.6) is 0 Å². The Hall–Kier alpha value is -2.92. The molecule has 3 aromatic rings. The fourth-order valence-corrected chi connectivity index (χ4v) is 4.11. The SMILES string of the molecule is CCc1ccc(N(C(=O)c2ccco2)C2CCN(Cc3ccccc3F)CC2)cc1. The van der Waals surface area contributed by atoms with Crippen LogP contribution in [0, 0.1) is 5.82 Å². The lowest BCUT2D eigenvalue weighted by atomic mass is 10.0. The summed E-state index contributed by atoms with van der Waals surface area (Å²) in [5.74, 6) is 0.0745. The van der Waals surface area contributed by atoms with Gasteiger partial charge in [-0.25, -0.2) is 4.39 Å². The van der Waals surface area contributed by atoms with E-state index in [-0.39, 0.29) is 17.8 Å². The molecule has 1 aliphatic rings. The summed E-state index contributed by atoms with van der Waals surface area (Å²) >= 11 is 0. The Morgan fingerprint density at radius 2 is 1.80 bits per heavy atom. The first-order valence-corrected chi connectivity index (χ1v) is 10.6. The second-order valence-electron chi connectivity index (χ2n) is 7.77. The van der Waals surface area contributed by atoms with E-state index in [0.29, 0.717) is 12.3 Å². The number of piperidine rings is 1. The summed E-state index contributed by atoms with van der Waals surface area (Å²) in [4.78, 5) is 17.4. The van der Waals surface area contributed by atoms with Crippen molar-refractivity contribution in [3.8, 4) is 0 Å². The summed E-state index contributed by atoms with van der Waals surface area (Å²) in [6, 6.07) is 18.6. The smallest absolute Gasteiger partial charge is 0.294 e. The van der Waals surface area contributed by atoms with Crippen molar-refractivity contribution in [3.05, 3.63) is 89.6 Å². The third kappa shape index (κ3) is 4.46. The third-order valence-electron chi connectivity index (χ3n) is 5.85. The van der Waals surface area contributed by atoms with Gasteiger partial charge in [0.15, 0.2) is 5.76 Å². The molecule has 1 aliphatic heterocycles. The Balaban J connectivity index is 1.50. The van der Waals surface area contributed by atoms with E-state index in [4.69, 9.17) is 4.42 Å². The van der Waals surface area contributed by atoms with Gasteiger partial charge in [0.05, 0.1) is 6.26 Å². The van der Waals surface area contributed by atoms with Crippen molar-refractivity contribution in [1.29, 1.82) is 0 Å². The van der Waals surface area contributed by atoms with Crippen LogP contribution in [-0.4, -0.2) is 29.9 Å². The Morgan fingerprint density at radius 3 is 2.43 bits per heavy atom. The zero-order valence-electron chi connectivity index (χ0n) is 17.3. The van der Waals surface area contributed by atoms with E-state index >= 15 is 0 Å². The van der Waals surface area contributed by atoms with Crippen molar-refractivity contribution in [2.45, 2.75) is 38.8 Å². The van der Waals surface area contributed by atoms with E-state index < -0.39 is 0 Å². The number of rotatable bonds is 6. The average molecular weight is 407 g/mol. The number of halogens is 1. The molecule has 30 heavy (non-hydrogen) atoms. The molecule has 0 N–H and O–H groups in total. The molecule has 1 amide bonds. The number of hydrogen-bond donors (Lipinski definition) is 0. The van der Waals surface area contributed by atoms with Crippen LogP contribution in [-0.2, 0) is 13.0 Å². The summed E-state index contributed by atoms with van der Waals surface area (Å²) in [5, 5.41) is 0. The van der Waals surface area contributed by atoms with E-state index in [0.717, 1.165) is 43.6 Å². The summed E-state index contributed by atoms with van der Waals surface area (Å²) in [6.45, 7) is 4.34. The maximum atomic E-state index is 14.0. The molecule has 156 valence electrons. The van der Waals surface area contributed by atoms with Crippen molar-refractivity contribution in [2.75, 3.05) is 18.0 Å². The first kappa shape index (κ1) is 20.4. The van der Waals surface area contributed by atoms with Gasteiger partial charge in [-0.15, -0.1) is 0 Å². The quantitative estimate of drug-likeness (QED) is 0.558. The molecule has 4 rings (SSSR count). The highest BCUT2D eigenvalue weighted by atomic mass is 19.1. The van der Waals surface area contributed by atoms with Gasteiger partial charge in [0.2, 0.25) is 0 Å². The van der Waals surface area contributed by atoms with Crippen LogP contribution in [0.2, 0.25) is 0 Å². The Kier molecular flexibility index (Phi) is 6.29. The summed E-state index contributed by atoms with van der Waals surface area (Å²) in [5.41, 5.74) is 2.85. The van der Waals surface area contributed by atoms with E-state index in [1.54, 1.807) is 18.2 Å². The van der Waals surface area contributed by atoms with Crippen LogP contribution in [0.3, 0.4) is 0 Å². The molecule has 1 saturated heterocycles. The molecule has 0 bridgehead atoms. The number of hydrogen-bond acceptors (Lipinski definition) is 3. The summed E-state index contributed by atoms with van der Waals surface area (Å²) in [7, 11) is 0. The van der Waals surface area contributed by atoms with Crippen LogP contribution in [0.25, 0.3) is 0 Å². The summed E-state index contributed by atoms with van der Waals surface area (Å²) < 4.78 is 19.4. The number of anilines is 1. The second-order valence-corrected chi connectivity index (χ2v) is 7.77. The molecule has 2 heterocycles. The van der Waals surface area contributed by atoms with Gasteiger partial charge in [-0.1, -0.05) is 37.3 Å². The van der Waals surface area contributed by atoms with Gasteiger partial charge in [0, 0.05) is 36.9 Å². The summed E-state index contributed by atoms with van der Waals surface area (Å²) in [6.07, 6.45) is 4.15. The number of carbonyl (C=O) groups excluding carboxylic acids is 1. The Bertz CT molecular complexity index is 961. The molecular formula is C25H27FN2O2. The predicted octanol–water partition coefficient (Wildman–Crippen LogP) is 5.29. The zero-order chi connectivity index (χ0) is 20.9. The van der Waals surface area contributed by atoms with E-state index in [9.17, 15) is 9.18 Å². The topological polar surface area (TPSA) is 36.7 Å². The molecule has 0 unspecified atom stereocenters. The maximum Gasteiger partial charge on any atom is 0.294 e. The lowest BCUT2D eigenvalue weighted by molar-refractivity contribution is 0.0931. The highest BCUT2D eigenvalue weighted by Crippen LogP contribution is 2.27. The van der Waals surface area contributed by atoms with Crippen LogP contribution in [0.15, 0.2) is 71.3 Å². The van der Waals surface area contributed by atoms with Gasteiger partial charge >= 0.3 is 0 Å². The normalized spacial score (nSPS) is 15.3. The van der Waals surface area contributed by atoms with Gasteiger partial charge in [0.25, 0.3) is 5.91 Å². The number of nitrogens with zero attached hydrogens (tertiary/aromatic N) is 2. The fourth-order valence-electron chi connectivity index (χ4n) is 4.11. The van der Waals surface area contributed by atoms with Crippen LogP contribution in [0.1, 0.15) is 41.4 Å². The minimum absolute atomic E-state index is 0.0759. The van der Waals surface area contributed by atoms with E-state index in [2.05, 4.69) is 24.0 Å². The van der Waals surface area contributed by atoms with Crippen molar-refractivity contribution in [1.82, 2.24) is 4.90 Å². The number of furan rings is 1. The van der Waals surface area contributed by atoms with Crippen LogP contribution >= 0.6 is 0 Å². The van der Waals surface area contributed by atoms with E-state index in [1.807, 2.05) is 29.2 Å². The fraction of sp³-hybridized carbons (Fsp3) is 0.320. The monoisotopic (exact) mass is 406 g/mol. The Labute approximate surface area is 176 Å². The molecule has 4 nitrogen and oxygen atoms in total. The maximum absolute atomic E-state index is 14.0.